The van der Waals surface area contributed by atoms with Crippen molar-refractivity contribution in [3.8, 4) is 0 Å². The number of anilines is 1. The highest BCUT2D eigenvalue weighted by molar-refractivity contribution is 7.10. The summed E-state index contributed by atoms with van der Waals surface area (Å²) in [5, 5.41) is 6.75. The fraction of sp³-hybridized carbons (Fsp3) is 0.158. The summed E-state index contributed by atoms with van der Waals surface area (Å²) in [6, 6.07) is 15.1. The fourth-order valence-corrected chi connectivity index (χ4v) is 3.94. The van der Waals surface area contributed by atoms with Crippen molar-refractivity contribution < 1.29 is 9.59 Å². The normalized spacial score (nSPS) is 10.4. The van der Waals surface area contributed by atoms with Crippen LogP contribution < -0.4 is 5.32 Å². The SMILES string of the molecule is CC(=O)Nc1cccc(C(=O)N(Cc2cccs2)Cc2cccs2)c1. The van der Waals surface area contributed by atoms with Gasteiger partial charge in [0, 0.05) is 27.9 Å². The van der Waals surface area contributed by atoms with Crippen LogP contribution >= 0.6 is 22.7 Å². The molecule has 1 N–H and O–H groups in total. The van der Waals surface area contributed by atoms with Crippen molar-refractivity contribution in [1.29, 1.82) is 0 Å². The molecule has 0 spiro atoms. The van der Waals surface area contributed by atoms with Crippen molar-refractivity contribution in [1.82, 2.24) is 4.90 Å². The van der Waals surface area contributed by atoms with Gasteiger partial charge in [-0.3, -0.25) is 9.59 Å². The van der Waals surface area contributed by atoms with Crippen LogP contribution in [0.15, 0.2) is 59.3 Å². The fourth-order valence-electron chi connectivity index (χ4n) is 2.50. The second-order valence-electron chi connectivity index (χ2n) is 5.58. The van der Waals surface area contributed by atoms with Gasteiger partial charge < -0.3 is 10.2 Å². The molecule has 2 heterocycles. The molecule has 2 aromatic heterocycles. The van der Waals surface area contributed by atoms with Gasteiger partial charge in [-0.2, -0.15) is 0 Å². The summed E-state index contributed by atoms with van der Waals surface area (Å²) >= 11 is 3.28. The molecule has 0 bridgehead atoms. The average Bonchev–Trinajstić information content (AvgIpc) is 3.27. The Hall–Kier alpha value is -2.44. The zero-order valence-corrected chi connectivity index (χ0v) is 15.4. The lowest BCUT2D eigenvalue weighted by molar-refractivity contribution is -0.114. The van der Waals surface area contributed by atoms with Crippen LogP contribution in [0, 0.1) is 0 Å². The van der Waals surface area contributed by atoms with Crippen LogP contribution in [0.1, 0.15) is 27.0 Å². The highest BCUT2D eigenvalue weighted by Crippen LogP contribution is 2.20. The van der Waals surface area contributed by atoms with Gasteiger partial charge in [0.15, 0.2) is 0 Å². The predicted octanol–water partition coefficient (Wildman–Crippen LogP) is 4.61. The van der Waals surface area contributed by atoms with E-state index in [0.717, 1.165) is 9.75 Å². The maximum atomic E-state index is 13.1. The first-order valence-corrected chi connectivity index (χ1v) is 9.59. The van der Waals surface area contributed by atoms with Crippen LogP contribution in [0.5, 0.6) is 0 Å². The van der Waals surface area contributed by atoms with Crippen molar-refractivity contribution in [3.63, 3.8) is 0 Å². The predicted molar refractivity (Wildman–Crippen MR) is 103 cm³/mol. The highest BCUT2D eigenvalue weighted by Gasteiger charge is 2.18. The highest BCUT2D eigenvalue weighted by atomic mass is 32.1. The van der Waals surface area contributed by atoms with E-state index in [4.69, 9.17) is 0 Å². The molecule has 1 aromatic carbocycles. The monoisotopic (exact) mass is 370 g/mol. The van der Waals surface area contributed by atoms with Crippen LogP contribution in [-0.4, -0.2) is 16.7 Å². The smallest absolute Gasteiger partial charge is 0.254 e. The molecule has 6 heteroatoms. The van der Waals surface area contributed by atoms with Gasteiger partial charge in [0.25, 0.3) is 5.91 Å². The Morgan fingerprint density at radius 3 is 2.12 bits per heavy atom. The first-order chi connectivity index (χ1) is 12.1. The minimum atomic E-state index is -0.154. The molecular weight excluding hydrogens is 352 g/mol. The number of carbonyl (C=O) groups is 2. The van der Waals surface area contributed by atoms with Gasteiger partial charge in [-0.05, 0) is 41.1 Å². The Morgan fingerprint density at radius 2 is 1.60 bits per heavy atom. The molecule has 25 heavy (non-hydrogen) atoms. The number of amides is 2. The number of benzene rings is 1. The van der Waals surface area contributed by atoms with Gasteiger partial charge in [0.1, 0.15) is 0 Å². The van der Waals surface area contributed by atoms with Gasteiger partial charge in [0.2, 0.25) is 5.91 Å². The number of hydrogen-bond donors (Lipinski definition) is 1. The molecule has 0 radical (unpaired) electrons. The zero-order chi connectivity index (χ0) is 17.6. The van der Waals surface area contributed by atoms with Gasteiger partial charge in [-0.1, -0.05) is 18.2 Å². The summed E-state index contributed by atoms with van der Waals surface area (Å²) in [6.07, 6.45) is 0. The van der Waals surface area contributed by atoms with Crippen molar-refractivity contribution >= 4 is 40.2 Å². The van der Waals surface area contributed by atoms with Gasteiger partial charge in [-0.25, -0.2) is 0 Å². The van der Waals surface area contributed by atoms with Crippen molar-refractivity contribution in [2.45, 2.75) is 20.0 Å². The largest absolute Gasteiger partial charge is 0.328 e. The molecule has 0 unspecified atom stereocenters. The van der Waals surface area contributed by atoms with E-state index in [2.05, 4.69) is 5.32 Å². The van der Waals surface area contributed by atoms with Crippen LogP contribution in [0.4, 0.5) is 5.69 Å². The Labute approximate surface area is 154 Å². The molecule has 0 saturated heterocycles. The molecule has 0 aliphatic carbocycles. The topological polar surface area (TPSA) is 49.4 Å². The minimum absolute atomic E-state index is 0.0472. The van der Waals surface area contributed by atoms with Gasteiger partial charge in [-0.15, -0.1) is 22.7 Å². The Kier molecular flexibility index (Phi) is 5.63. The van der Waals surface area contributed by atoms with E-state index in [-0.39, 0.29) is 11.8 Å². The first kappa shape index (κ1) is 17.4. The van der Waals surface area contributed by atoms with E-state index >= 15 is 0 Å². The van der Waals surface area contributed by atoms with E-state index in [1.165, 1.54) is 6.92 Å². The molecule has 0 atom stereocenters. The third-order valence-corrected chi connectivity index (χ3v) is 5.29. The van der Waals surface area contributed by atoms with Crippen molar-refractivity contribution in [3.05, 3.63) is 74.6 Å². The number of rotatable bonds is 6. The lowest BCUT2D eigenvalue weighted by Gasteiger charge is -2.22. The third-order valence-electron chi connectivity index (χ3n) is 3.57. The molecule has 0 aliphatic rings. The molecule has 0 aliphatic heterocycles. The standard InChI is InChI=1S/C19H18N2O2S2/c1-14(22)20-16-6-2-5-15(11-16)19(23)21(12-17-7-3-9-24-17)13-18-8-4-10-25-18/h2-11H,12-13H2,1H3,(H,20,22). The maximum absolute atomic E-state index is 13.1. The summed E-state index contributed by atoms with van der Waals surface area (Å²) in [4.78, 5) is 28.4. The minimum Gasteiger partial charge on any atom is -0.328 e. The molecule has 0 fully saturated rings. The van der Waals surface area contributed by atoms with Gasteiger partial charge >= 0.3 is 0 Å². The Balaban J connectivity index is 1.83. The van der Waals surface area contributed by atoms with E-state index in [1.54, 1.807) is 46.9 Å². The van der Waals surface area contributed by atoms with Gasteiger partial charge in [0.05, 0.1) is 13.1 Å². The summed E-state index contributed by atoms with van der Waals surface area (Å²) in [5.74, 6) is -0.201. The second-order valence-corrected chi connectivity index (χ2v) is 7.65. The van der Waals surface area contributed by atoms with E-state index in [1.807, 2.05) is 39.9 Å². The second kappa shape index (κ2) is 8.09. The molecule has 3 aromatic rings. The lowest BCUT2D eigenvalue weighted by atomic mass is 10.1. The third kappa shape index (κ3) is 4.78. The maximum Gasteiger partial charge on any atom is 0.254 e. The van der Waals surface area contributed by atoms with E-state index < -0.39 is 0 Å². The summed E-state index contributed by atoms with van der Waals surface area (Å²) in [6.45, 7) is 2.59. The van der Waals surface area contributed by atoms with Crippen molar-refractivity contribution in [2.24, 2.45) is 0 Å². The molecular formula is C19H18N2O2S2. The summed E-state index contributed by atoms with van der Waals surface area (Å²) in [5.41, 5.74) is 1.20. The number of nitrogens with zero attached hydrogens (tertiary/aromatic N) is 1. The summed E-state index contributed by atoms with van der Waals surface area (Å²) < 4.78 is 0. The Morgan fingerprint density at radius 1 is 0.960 bits per heavy atom. The molecule has 0 saturated carbocycles. The first-order valence-electron chi connectivity index (χ1n) is 7.83. The quantitative estimate of drug-likeness (QED) is 0.689. The molecule has 128 valence electrons. The van der Waals surface area contributed by atoms with Crippen LogP contribution in [-0.2, 0) is 17.9 Å². The Bertz CT molecular complexity index is 806. The number of carbonyl (C=O) groups excluding carboxylic acids is 2. The van der Waals surface area contributed by atoms with E-state index in [0.29, 0.717) is 24.3 Å². The van der Waals surface area contributed by atoms with Crippen LogP contribution in [0.2, 0.25) is 0 Å². The molecule has 3 rings (SSSR count). The van der Waals surface area contributed by atoms with Crippen LogP contribution in [0.25, 0.3) is 0 Å². The van der Waals surface area contributed by atoms with Crippen molar-refractivity contribution in [2.75, 3.05) is 5.32 Å². The number of thiophene rings is 2. The van der Waals surface area contributed by atoms with Crippen LogP contribution in [0.3, 0.4) is 0 Å². The molecule has 4 nitrogen and oxygen atoms in total. The number of hydrogen-bond acceptors (Lipinski definition) is 4. The number of nitrogens with one attached hydrogen (secondary N) is 1. The zero-order valence-electron chi connectivity index (χ0n) is 13.8. The average molecular weight is 370 g/mol. The summed E-state index contributed by atoms with van der Waals surface area (Å²) in [7, 11) is 0. The van der Waals surface area contributed by atoms with E-state index in [9.17, 15) is 9.59 Å². The lowest BCUT2D eigenvalue weighted by Crippen LogP contribution is -2.29. The molecule has 2 amide bonds.